The van der Waals surface area contributed by atoms with E-state index in [1.807, 2.05) is 0 Å². The quantitative estimate of drug-likeness (QED) is 0.705. The summed E-state index contributed by atoms with van der Waals surface area (Å²) in [6.45, 7) is 1.75. The highest BCUT2D eigenvalue weighted by molar-refractivity contribution is 5.79. The summed E-state index contributed by atoms with van der Waals surface area (Å²) in [4.78, 5) is 26.7. The third kappa shape index (κ3) is 3.69. The van der Waals surface area contributed by atoms with Crippen molar-refractivity contribution in [1.82, 2.24) is 10.2 Å². The Kier molecular flexibility index (Phi) is 5.41. The van der Waals surface area contributed by atoms with Gasteiger partial charge in [0.15, 0.2) is 0 Å². The van der Waals surface area contributed by atoms with E-state index in [-0.39, 0.29) is 30.8 Å². The molecule has 2 saturated heterocycles. The number of nitrogens with zero attached hydrogens (tertiary/aromatic N) is 1. The van der Waals surface area contributed by atoms with Crippen LogP contribution in [0.3, 0.4) is 0 Å². The number of carbonyl (C=O) groups excluding carboxylic acids is 2. The average Bonchev–Trinajstić information content (AvgIpc) is 3.09. The smallest absolute Gasteiger partial charge is 0.410 e. The van der Waals surface area contributed by atoms with Crippen LogP contribution in [0.25, 0.3) is 0 Å². The summed E-state index contributed by atoms with van der Waals surface area (Å²) in [5, 5.41) is 3.11. The third-order valence-electron chi connectivity index (χ3n) is 7.28. The highest BCUT2D eigenvalue weighted by Gasteiger charge is 2.52. The Morgan fingerprint density at radius 2 is 1.93 bits per heavy atom. The van der Waals surface area contributed by atoms with Crippen LogP contribution in [0.5, 0.6) is 0 Å². The van der Waals surface area contributed by atoms with E-state index in [2.05, 4.69) is 29.6 Å². The van der Waals surface area contributed by atoms with Gasteiger partial charge in [-0.05, 0) is 49.1 Å². The molecule has 5 aliphatic rings. The highest BCUT2D eigenvalue weighted by atomic mass is 16.6. The first-order valence-corrected chi connectivity index (χ1v) is 11.2. The van der Waals surface area contributed by atoms with Crippen LogP contribution in [-0.4, -0.2) is 67.6 Å². The van der Waals surface area contributed by atoms with Crippen molar-refractivity contribution in [3.8, 4) is 0 Å². The zero-order chi connectivity index (χ0) is 20.6. The SMILES string of the molecule is O=C1COC[C@@]2(CCN3C(=O)OCCc4ccccc4C4CCC(CC4)OC[C@H]32)N1. The molecule has 3 fully saturated rings. The Labute approximate surface area is 177 Å². The van der Waals surface area contributed by atoms with E-state index in [1.54, 1.807) is 4.90 Å². The molecule has 1 N–H and O–H groups in total. The Hall–Kier alpha value is -2.12. The lowest BCUT2D eigenvalue weighted by Gasteiger charge is -2.41. The van der Waals surface area contributed by atoms with Gasteiger partial charge in [-0.25, -0.2) is 4.79 Å². The first kappa shape index (κ1) is 19.8. The molecule has 7 nitrogen and oxygen atoms in total. The number of morpholine rings is 1. The molecular formula is C23H30N2O5. The maximum atomic E-state index is 12.9. The topological polar surface area (TPSA) is 77.1 Å². The first-order chi connectivity index (χ1) is 14.6. The monoisotopic (exact) mass is 414 g/mol. The first-order valence-electron chi connectivity index (χ1n) is 11.2. The predicted octanol–water partition coefficient (Wildman–Crippen LogP) is 2.38. The van der Waals surface area contributed by atoms with Gasteiger partial charge < -0.3 is 24.4 Å². The van der Waals surface area contributed by atoms with Gasteiger partial charge in [-0.2, -0.15) is 0 Å². The predicted molar refractivity (Wildman–Crippen MR) is 109 cm³/mol. The fourth-order valence-corrected chi connectivity index (χ4v) is 5.66. The standard InChI is InChI=1S/C23H30N2O5/c26-21-14-28-15-23(24-21)10-11-25-20(23)13-30-18-7-5-17(6-8-18)19-4-2-1-3-16(19)9-12-29-22(25)27/h1-4,17-18,20H,5-15H2,(H,24,26)/t17?,18?,20-,23+/m0/s1. The third-order valence-corrected chi connectivity index (χ3v) is 7.28. The lowest BCUT2D eigenvalue weighted by molar-refractivity contribution is -0.137. The van der Waals surface area contributed by atoms with Crippen LogP contribution >= 0.6 is 0 Å². The van der Waals surface area contributed by atoms with Crippen LogP contribution in [0, 0.1) is 0 Å². The normalized spacial score (nSPS) is 34.7. The van der Waals surface area contributed by atoms with E-state index in [1.165, 1.54) is 11.1 Å². The van der Waals surface area contributed by atoms with Gasteiger partial charge in [0.1, 0.15) is 6.61 Å². The Balaban J connectivity index is 1.40. The van der Waals surface area contributed by atoms with Gasteiger partial charge >= 0.3 is 6.09 Å². The summed E-state index contributed by atoms with van der Waals surface area (Å²) in [6.07, 6.45) is 5.49. The van der Waals surface area contributed by atoms with Gasteiger partial charge in [0.25, 0.3) is 0 Å². The van der Waals surface area contributed by atoms with E-state index in [0.717, 1.165) is 32.1 Å². The second kappa shape index (κ2) is 8.19. The lowest BCUT2D eigenvalue weighted by Crippen LogP contribution is -2.65. The minimum Gasteiger partial charge on any atom is -0.449 e. The molecule has 2 atom stereocenters. The van der Waals surface area contributed by atoms with Crippen LogP contribution in [0.15, 0.2) is 24.3 Å². The van der Waals surface area contributed by atoms with Crippen molar-refractivity contribution < 1.29 is 23.8 Å². The molecule has 1 aliphatic carbocycles. The Morgan fingerprint density at radius 1 is 1.10 bits per heavy atom. The summed E-state index contributed by atoms with van der Waals surface area (Å²) in [6, 6.07) is 8.26. The molecule has 4 aliphatic heterocycles. The summed E-state index contributed by atoms with van der Waals surface area (Å²) >= 11 is 0. The van der Waals surface area contributed by atoms with E-state index < -0.39 is 5.54 Å². The van der Waals surface area contributed by atoms with Gasteiger partial charge in [-0.1, -0.05) is 24.3 Å². The van der Waals surface area contributed by atoms with E-state index in [4.69, 9.17) is 14.2 Å². The minimum atomic E-state index is -0.588. The summed E-state index contributed by atoms with van der Waals surface area (Å²) in [5.41, 5.74) is 2.08. The van der Waals surface area contributed by atoms with Crippen LogP contribution in [0.4, 0.5) is 4.79 Å². The number of amides is 2. The minimum absolute atomic E-state index is 0.0726. The second-order valence-corrected chi connectivity index (χ2v) is 9.03. The van der Waals surface area contributed by atoms with Crippen molar-refractivity contribution in [2.45, 2.75) is 62.1 Å². The van der Waals surface area contributed by atoms with Gasteiger partial charge in [0.2, 0.25) is 5.91 Å². The number of benzene rings is 1. The molecule has 0 radical (unpaired) electrons. The fourth-order valence-electron chi connectivity index (χ4n) is 5.66. The van der Waals surface area contributed by atoms with Crippen molar-refractivity contribution >= 4 is 12.0 Å². The summed E-state index contributed by atoms with van der Waals surface area (Å²) < 4.78 is 17.6. The van der Waals surface area contributed by atoms with Crippen molar-refractivity contribution in [3.63, 3.8) is 0 Å². The van der Waals surface area contributed by atoms with E-state index in [0.29, 0.717) is 38.7 Å². The molecular weight excluding hydrogens is 384 g/mol. The summed E-state index contributed by atoms with van der Waals surface area (Å²) in [5.74, 6) is 0.410. The van der Waals surface area contributed by atoms with Gasteiger partial charge in [-0.3, -0.25) is 4.79 Å². The maximum Gasteiger partial charge on any atom is 0.410 e. The molecule has 1 saturated carbocycles. The molecule has 162 valence electrons. The van der Waals surface area contributed by atoms with Gasteiger partial charge in [0, 0.05) is 13.0 Å². The van der Waals surface area contributed by atoms with Crippen molar-refractivity contribution in [3.05, 3.63) is 35.4 Å². The molecule has 4 heterocycles. The zero-order valence-corrected chi connectivity index (χ0v) is 17.3. The number of nitrogens with one attached hydrogen (secondary N) is 1. The molecule has 2 bridgehead atoms. The largest absolute Gasteiger partial charge is 0.449 e. The van der Waals surface area contributed by atoms with Crippen LogP contribution in [0.1, 0.15) is 49.1 Å². The maximum absolute atomic E-state index is 12.9. The molecule has 2 amide bonds. The number of rotatable bonds is 0. The van der Waals surface area contributed by atoms with Crippen molar-refractivity contribution in [2.24, 2.45) is 0 Å². The molecule has 0 unspecified atom stereocenters. The van der Waals surface area contributed by atoms with E-state index >= 15 is 0 Å². The van der Waals surface area contributed by atoms with Crippen molar-refractivity contribution in [1.29, 1.82) is 0 Å². The number of fused-ring (bicyclic) bond motifs is 6. The van der Waals surface area contributed by atoms with Gasteiger partial charge in [-0.15, -0.1) is 0 Å². The second-order valence-electron chi connectivity index (χ2n) is 9.03. The highest BCUT2D eigenvalue weighted by Crippen LogP contribution is 2.37. The Bertz CT molecular complexity index is 807. The fraction of sp³-hybridized carbons (Fsp3) is 0.652. The molecule has 1 spiro atoms. The molecule has 0 aromatic heterocycles. The Morgan fingerprint density at radius 3 is 2.77 bits per heavy atom. The van der Waals surface area contributed by atoms with Gasteiger partial charge in [0.05, 0.1) is 37.5 Å². The number of ether oxygens (including phenoxy) is 3. The van der Waals surface area contributed by atoms with Crippen molar-refractivity contribution in [2.75, 3.05) is 33.0 Å². The van der Waals surface area contributed by atoms with Crippen LogP contribution in [-0.2, 0) is 25.4 Å². The zero-order valence-electron chi connectivity index (χ0n) is 17.3. The number of hydrogen-bond acceptors (Lipinski definition) is 5. The number of hydrogen-bond donors (Lipinski definition) is 1. The lowest BCUT2D eigenvalue weighted by atomic mass is 9.80. The molecule has 1 aromatic carbocycles. The molecule has 6 rings (SSSR count). The molecule has 7 heteroatoms. The van der Waals surface area contributed by atoms with E-state index in [9.17, 15) is 9.59 Å². The molecule has 1 aromatic rings. The van der Waals surface area contributed by atoms with Crippen LogP contribution < -0.4 is 5.32 Å². The van der Waals surface area contributed by atoms with Crippen LogP contribution in [0.2, 0.25) is 0 Å². The summed E-state index contributed by atoms with van der Waals surface area (Å²) in [7, 11) is 0. The number of carbonyl (C=O) groups is 2. The average molecular weight is 415 g/mol. The molecule has 30 heavy (non-hydrogen) atoms.